The SMILES string of the molecule is CCCCCN1CCN(c2nc(C)c(C(=O)NCc3cccnc3)s2)C1=O. The van der Waals surface area contributed by atoms with Gasteiger partial charge in [-0.05, 0) is 25.0 Å². The maximum Gasteiger partial charge on any atom is 0.326 e. The van der Waals surface area contributed by atoms with Crippen LogP contribution in [0.3, 0.4) is 0 Å². The Bertz CT molecular complexity index is 793. The molecule has 1 aliphatic heterocycles. The lowest BCUT2D eigenvalue weighted by Gasteiger charge is -2.16. The van der Waals surface area contributed by atoms with Crippen molar-refractivity contribution in [3.63, 3.8) is 0 Å². The second-order valence-electron chi connectivity index (χ2n) is 6.58. The third kappa shape index (κ3) is 4.63. The number of urea groups is 1. The number of nitrogens with zero attached hydrogens (tertiary/aromatic N) is 4. The second-order valence-corrected chi connectivity index (χ2v) is 7.56. The molecule has 3 rings (SSSR count). The fourth-order valence-electron chi connectivity index (χ4n) is 2.99. The lowest BCUT2D eigenvalue weighted by Crippen LogP contribution is -2.32. The molecule has 3 amide bonds. The van der Waals surface area contributed by atoms with Gasteiger partial charge in [-0.1, -0.05) is 37.2 Å². The van der Waals surface area contributed by atoms with Crippen molar-refractivity contribution in [3.05, 3.63) is 40.7 Å². The van der Waals surface area contributed by atoms with Gasteiger partial charge in [-0.3, -0.25) is 14.7 Å². The molecule has 8 heteroatoms. The average Bonchev–Trinajstić information content (AvgIpc) is 3.24. The molecule has 2 aromatic rings. The van der Waals surface area contributed by atoms with Crippen LogP contribution in [0.5, 0.6) is 0 Å². The van der Waals surface area contributed by atoms with Gasteiger partial charge in [-0.15, -0.1) is 0 Å². The van der Waals surface area contributed by atoms with E-state index in [-0.39, 0.29) is 11.9 Å². The summed E-state index contributed by atoms with van der Waals surface area (Å²) in [6.45, 7) is 6.48. The molecule has 144 valence electrons. The van der Waals surface area contributed by atoms with Crippen molar-refractivity contribution in [3.8, 4) is 0 Å². The van der Waals surface area contributed by atoms with Crippen LogP contribution in [0.15, 0.2) is 24.5 Å². The van der Waals surface area contributed by atoms with Crippen molar-refractivity contribution in [2.24, 2.45) is 0 Å². The number of thiazole rings is 1. The van der Waals surface area contributed by atoms with Crippen LogP contribution in [0.4, 0.5) is 9.93 Å². The zero-order valence-electron chi connectivity index (χ0n) is 15.8. The van der Waals surface area contributed by atoms with Crippen molar-refractivity contribution in [2.75, 3.05) is 24.5 Å². The third-order valence-electron chi connectivity index (χ3n) is 4.52. The predicted molar refractivity (Wildman–Crippen MR) is 106 cm³/mol. The van der Waals surface area contributed by atoms with Crippen molar-refractivity contribution < 1.29 is 9.59 Å². The van der Waals surface area contributed by atoms with E-state index in [1.165, 1.54) is 11.3 Å². The summed E-state index contributed by atoms with van der Waals surface area (Å²) in [5.74, 6) is -0.174. The van der Waals surface area contributed by atoms with Gasteiger partial charge < -0.3 is 10.2 Å². The summed E-state index contributed by atoms with van der Waals surface area (Å²) in [6.07, 6.45) is 6.70. The van der Waals surface area contributed by atoms with E-state index in [2.05, 4.69) is 22.2 Å². The van der Waals surface area contributed by atoms with E-state index >= 15 is 0 Å². The van der Waals surface area contributed by atoms with Gasteiger partial charge >= 0.3 is 6.03 Å². The number of aromatic nitrogens is 2. The number of rotatable bonds is 8. The van der Waals surface area contributed by atoms with Crippen LogP contribution in [0.1, 0.15) is 47.1 Å². The van der Waals surface area contributed by atoms with Gasteiger partial charge in [-0.2, -0.15) is 0 Å². The molecule has 1 aliphatic rings. The van der Waals surface area contributed by atoms with Gasteiger partial charge in [0.2, 0.25) is 0 Å². The monoisotopic (exact) mass is 387 g/mol. The summed E-state index contributed by atoms with van der Waals surface area (Å²) < 4.78 is 0. The van der Waals surface area contributed by atoms with Crippen molar-refractivity contribution in [1.82, 2.24) is 20.2 Å². The molecule has 7 nitrogen and oxygen atoms in total. The lowest BCUT2D eigenvalue weighted by atomic mass is 10.2. The Morgan fingerprint density at radius 1 is 1.33 bits per heavy atom. The van der Waals surface area contributed by atoms with E-state index in [0.717, 1.165) is 31.4 Å². The Kier molecular flexibility index (Phi) is 6.39. The molecule has 0 bridgehead atoms. The van der Waals surface area contributed by atoms with Crippen LogP contribution in [0.2, 0.25) is 0 Å². The molecule has 0 spiro atoms. The van der Waals surface area contributed by atoms with Crippen LogP contribution in [0.25, 0.3) is 0 Å². The highest BCUT2D eigenvalue weighted by molar-refractivity contribution is 7.17. The Morgan fingerprint density at radius 3 is 2.93 bits per heavy atom. The molecule has 0 aliphatic carbocycles. The minimum absolute atomic E-state index is 0.0119. The summed E-state index contributed by atoms with van der Waals surface area (Å²) in [7, 11) is 0. The van der Waals surface area contributed by atoms with E-state index < -0.39 is 0 Å². The van der Waals surface area contributed by atoms with Crippen LogP contribution in [0, 0.1) is 6.92 Å². The lowest BCUT2D eigenvalue weighted by molar-refractivity contribution is 0.0954. The fraction of sp³-hybridized carbons (Fsp3) is 0.474. The number of pyridine rings is 1. The fourth-order valence-corrected chi connectivity index (χ4v) is 4.00. The molecule has 0 unspecified atom stereocenters. The zero-order chi connectivity index (χ0) is 19.2. The highest BCUT2D eigenvalue weighted by Gasteiger charge is 2.32. The molecule has 0 atom stereocenters. The summed E-state index contributed by atoms with van der Waals surface area (Å²) in [5, 5.41) is 3.49. The smallest absolute Gasteiger partial charge is 0.326 e. The number of hydrogen-bond donors (Lipinski definition) is 1. The molecule has 1 N–H and O–H groups in total. The van der Waals surface area contributed by atoms with Gasteiger partial charge in [0, 0.05) is 38.6 Å². The topological polar surface area (TPSA) is 78.4 Å². The number of nitrogens with one attached hydrogen (secondary N) is 1. The largest absolute Gasteiger partial charge is 0.347 e. The van der Waals surface area contributed by atoms with Gasteiger partial charge in [0.15, 0.2) is 5.13 Å². The summed E-state index contributed by atoms with van der Waals surface area (Å²) in [5.41, 5.74) is 1.58. The van der Waals surface area contributed by atoms with Gasteiger partial charge in [0.1, 0.15) is 4.88 Å². The highest BCUT2D eigenvalue weighted by atomic mass is 32.1. The standard InChI is InChI=1S/C19H25N5O2S/c1-3-4-5-9-23-10-11-24(19(23)26)18-22-14(2)16(27-18)17(25)21-13-15-7-6-8-20-12-15/h6-8,12H,3-5,9-11,13H2,1-2H3,(H,21,25). The number of unbranched alkanes of at least 4 members (excludes halogenated alkanes) is 2. The normalized spacial score (nSPS) is 14.1. The van der Waals surface area contributed by atoms with Crippen molar-refractivity contribution in [2.45, 2.75) is 39.7 Å². The van der Waals surface area contributed by atoms with Gasteiger partial charge in [-0.25, -0.2) is 9.78 Å². The molecular formula is C19H25N5O2S. The Balaban J connectivity index is 1.62. The number of hydrogen-bond acceptors (Lipinski definition) is 5. The molecule has 0 aromatic carbocycles. The molecule has 3 heterocycles. The van der Waals surface area contributed by atoms with Gasteiger partial charge in [0.05, 0.1) is 5.69 Å². The Hall–Kier alpha value is -2.48. The Labute approximate surface area is 163 Å². The molecule has 27 heavy (non-hydrogen) atoms. The number of carbonyl (C=O) groups excluding carboxylic acids is 2. The van der Waals surface area contributed by atoms with Crippen molar-refractivity contribution >= 4 is 28.4 Å². The maximum atomic E-state index is 12.6. The first-order valence-corrected chi connectivity index (χ1v) is 10.1. The first kappa shape index (κ1) is 19.3. The number of anilines is 1. The highest BCUT2D eigenvalue weighted by Crippen LogP contribution is 2.29. The van der Waals surface area contributed by atoms with E-state index in [0.29, 0.717) is 35.3 Å². The maximum absolute atomic E-state index is 12.6. The van der Waals surface area contributed by atoms with Crippen molar-refractivity contribution in [1.29, 1.82) is 0 Å². The first-order chi connectivity index (χ1) is 13.1. The van der Waals surface area contributed by atoms with Crippen LogP contribution in [-0.4, -0.2) is 46.4 Å². The molecule has 0 radical (unpaired) electrons. The predicted octanol–water partition coefficient (Wildman–Crippen LogP) is 3.21. The second kappa shape index (κ2) is 8.94. The van der Waals surface area contributed by atoms with Gasteiger partial charge in [0.25, 0.3) is 5.91 Å². The van der Waals surface area contributed by atoms with E-state index in [4.69, 9.17) is 0 Å². The van der Waals surface area contributed by atoms with Crippen LogP contribution >= 0.6 is 11.3 Å². The average molecular weight is 388 g/mol. The minimum Gasteiger partial charge on any atom is -0.347 e. The quantitative estimate of drug-likeness (QED) is 0.706. The molecule has 0 saturated carbocycles. The number of carbonyl (C=O) groups is 2. The molecular weight excluding hydrogens is 362 g/mol. The Morgan fingerprint density at radius 2 is 2.19 bits per heavy atom. The first-order valence-electron chi connectivity index (χ1n) is 9.31. The zero-order valence-corrected chi connectivity index (χ0v) is 16.6. The molecule has 1 fully saturated rings. The van der Waals surface area contributed by atoms with Crippen LogP contribution in [-0.2, 0) is 6.54 Å². The molecule has 2 aromatic heterocycles. The van der Waals surface area contributed by atoms with E-state index in [9.17, 15) is 9.59 Å². The summed E-state index contributed by atoms with van der Waals surface area (Å²) in [4.78, 5) is 37.7. The van der Waals surface area contributed by atoms with E-state index in [1.54, 1.807) is 24.2 Å². The minimum atomic E-state index is -0.174. The molecule has 1 saturated heterocycles. The third-order valence-corrected chi connectivity index (χ3v) is 5.70. The summed E-state index contributed by atoms with van der Waals surface area (Å²) >= 11 is 1.27. The summed E-state index contributed by atoms with van der Waals surface area (Å²) in [6, 6.07) is 3.74. The number of amides is 3. The van der Waals surface area contributed by atoms with E-state index in [1.807, 2.05) is 17.0 Å². The van der Waals surface area contributed by atoms with Crippen LogP contribution < -0.4 is 10.2 Å². The number of aryl methyl sites for hydroxylation is 1.